The molecule has 19 heavy (non-hydrogen) atoms. The quantitative estimate of drug-likeness (QED) is 0.662. The number of unbranched alkanes of at least 4 members (excludes halogenated alkanes) is 1. The normalized spacial score (nSPS) is 8.79. The summed E-state index contributed by atoms with van der Waals surface area (Å²) in [6.45, 7) is 14.0. The van der Waals surface area contributed by atoms with Crippen molar-refractivity contribution in [2.45, 2.75) is 74.1 Å². The minimum atomic E-state index is 0. The molecule has 0 spiro atoms. The van der Waals surface area contributed by atoms with E-state index in [1.54, 1.807) is 6.92 Å². The number of hydrogen-bond acceptors (Lipinski definition) is 1. The van der Waals surface area contributed by atoms with Crippen molar-refractivity contribution < 1.29 is 6.22 Å². The van der Waals surface area contributed by atoms with Crippen LogP contribution in [0, 0.1) is 13.8 Å². The molecule has 0 aromatic heterocycles. The molecule has 1 nitrogen and oxygen atoms in total. The van der Waals surface area contributed by atoms with E-state index in [2.05, 4.69) is 39.0 Å². The molecule has 1 heteroatoms. The fourth-order valence-electron chi connectivity index (χ4n) is 1.49. The molecule has 0 saturated heterocycles. The van der Waals surface area contributed by atoms with Crippen LogP contribution in [0.4, 0.5) is 0 Å². The summed E-state index contributed by atoms with van der Waals surface area (Å²) in [5.41, 5.74) is 4.33. The lowest BCUT2D eigenvalue weighted by molar-refractivity contribution is -0.116. The van der Waals surface area contributed by atoms with Crippen LogP contribution in [0.5, 0.6) is 0 Å². The topological polar surface area (TPSA) is 17.1 Å². The summed E-state index contributed by atoms with van der Waals surface area (Å²) in [5, 5.41) is 0. The highest BCUT2D eigenvalue weighted by atomic mass is 16.1. The average Bonchev–Trinajstić information content (AvgIpc) is 2.41. The molecule has 0 aliphatic carbocycles. The molecule has 0 aliphatic rings. The Bertz CT molecular complexity index is 345. The van der Waals surface area contributed by atoms with Crippen LogP contribution in [0.25, 0.3) is 0 Å². The van der Waals surface area contributed by atoms with E-state index >= 15 is 0 Å². The number of Topliss-reactive ketones (excluding diaryl/α,β-unsaturated/α-hetero) is 1. The Kier molecular flexibility index (Phi) is 14.2. The van der Waals surface area contributed by atoms with E-state index in [-0.39, 0.29) is 7.21 Å². The highest BCUT2D eigenvalue weighted by Gasteiger charge is 1.96. The SMILES string of the molecule is CC.CCC(C)=O.CCCCc1ccc(C)cc1C.[HH]. The van der Waals surface area contributed by atoms with Gasteiger partial charge in [-0.1, -0.05) is 57.9 Å². The predicted molar refractivity (Wildman–Crippen MR) is 89.0 cm³/mol. The first-order valence-electron chi connectivity index (χ1n) is 7.56. The Morgan fingerprint density at radius 1 is 1.16 bits per heavy atom. The summed E-state index contributed by atoms with van der Waals surface area (Å²) >= 11 is 0. The van der Waals surface area contributed by atoms with Crippen LogP contribution < -0.4 is 0 Å². The van der Waals surface area contributed by atoms with Crippen molar-refractivity contribution in [3.05, 3.63) is 34.9 Å². The van der Waals surface area contributed by atoms with Gasteiger partial charge < -0.3 is 4.79 Å². The second-order valence-corrected chi connectivity index (χ2v) is 4.59. The molecular formula is C18H34O. The standard InChI is InChI=1S/C12H18.C4H8O.C2H6.H2/c1-4-5-6-12-8-7-10(2)9-11(12)3;1-3-4(2)5;1-2;/h7-9H,4-6H2,1-3H3;3H2,1-2H3;1-2H3;1H. The maximum Gasteiger partial charge on any atom is 0.129 e. The summed E-state index contributed by atoms with van der Waals surface area (Å²) in [4.78, 5) is 9.81. The van der Waals surface area contributed by atoms with Gasteiger partial charge in [0.25, 0.3) is 0 Å². The smallest absolute Gasteiger partial charge is 0.129 e. The van der Waals surface area contributed by atoms with E-state index in [1.165, 1.54) is 36.0 Å². The summed E-state index contributed by atoms with van der Waals surface area (Å²) < 4.78 is 0. The van der Waals surface area contributed by atoms with Gasteiger partial charge in [0, 0.05) is 7.85 Å². The lowest BCUT2D eigenvalue weighted by atomic mass is 10.0. The van der Waals surface area contributed by atoms with Crippen LogP contribution in [0.15, 0.2) is 18.2 Å². The molecule has 0 radical (unpaired) electrons. The lowest BCUT2D eigenvalue weighted by Gasteiger charge is -2.05. The van der Waals surface area contributed by atoms with Crippen LogP contribution in [0.1, 0.15) is 72.0 Å². The van der Waals surface area contributed by atoms with Crippen molar-refractivity contribution in [1.29, 1.82) is 0 Å². The zero-order valence-electron chi connectivity index (χ0n) is 14.0. The summed E-state index contributed by atoms with van der Waals surface area (Å²) in [7, 11) is 0. The molecule has 0 saturated carbocycles. The van der Waals surface area contributed by atoms with E-state index < -0.39 is 0 Å². The Morgan fingerprint density at radius 3 is 2.05 bits per heavy atom. The third-order valence-corrected chi connectivity index (χ3v) is 2.80. The first kappa shape index (κ1) is 20.2. The summed E-state index contributed by atoms with van der Waals surface area (Å²) in [6, 6.07) is 6.74. The number of rotatable bonds is 4. The fraction of sp³-hybridized carbons (Fsp3) is 0.611. The van der Waals surface area contributed by atoms with Crippen molar-refractivity contribution >= 4 is 5.78 Å². The molecule has 0 fully saturated rings. The van der Waals surface area contributed by atoms with Gasteiger partial charge >= 0.3 is 0 Å². The molecule has 1 rings (SSSR count). The van der Waals surface area contributed by atoms with E-state index in [9.17, 15) is 4.79 Å². The number of benzene rings is 1. The zero-order valence-corrected chi connectivity index (χ0v) is 14.0. The molecule has 1 aromatic rings. The van der Waals surface area contributed by atoms with Gasteiger partial charge in [-0.15, -0.1) is 0 Å². The second-order valence-electron chi connectivity index (χ2n) is 4.59. The van der Waals surface area contributed by atoms with Crippen LogP contribution in [0.2, 0.25) is 0 Å². The Labute approximate surface area is 121 Å². The highest BCUT2D eigenvalue weighted by Crippen LogP contribution is 2.12. The van der Waals surface area contributed by atoms with E-state index in [4.69, 9.17) is 0 Å². The van der Waals surface area contributed by atoms with Crippen molar-refractivity contribution in [2.75, 3.05) is 0 Å². The average molecular weight is 266 g/mol. The Balaban J connectivity index is -0.000000310. The van der Waals surface area contributed by atoms with Gasteiger partial charge in [0.1, 0.15) is 5.78 Å². The van der Waals surface area contributed by atoms with Crippen molar-refractivity contribution in [2.24, 2.45) is 0 Å². The number of carbonyl (C=O) groups is 1. The molecule has 0 N–H and O–H groups in total. The van der Waals surface area contributed by atoms with Gasteiger partial charge in [-0.25, -0.2) is 0 Å². The third kappa shape index (κ3) is 11.7. The molecule has 0 atom stereocenters. The predicted octanol–water partition coefficient (Wildman–Crippen LogP) is 5.90. The number of ketones is 1. The Morgan fingerprint density at radius 2 is 1.68 bits per heavy atom. The van der Waals surface area contributed by atoms with Crippen molar-refractivity contribution in [1.82, 2.24) is 0 Å². The minimum Gasteiger partial charge on any atom is -0.300 e. The van der Waals surface area contributed by atoms with Gasteiger partial charge in [0.15, 0.2) is 0 Å². The maximum atomic E-state index is 9.81. The number of aryl methyl sites for hydroxylation is 3. The lowest BCUT2D eigenvalue weighted by Crippen LogP contribution is -1.89. The molecule has 0 unspecified atom stereocenters. The van der Waals surface area contributed by atoms with E-state index in [0.717, 1.165) is 0 Å². The molecule has 0 bridgehead atoms. The van der Waals surface area contributed by atoms with E-state index in [1.807, 2.05) is 20.8 Å². The van der Waals surface area contributed by atoms with Crippen LogP contribution >= 0.6 is 0 Å². The minimum absolute atomic E-state index is 0. The molecule has 0 aliphatic heterocycles. The van der Waals surface area contributed by atoms with Crippen LogP contribution in [0.3, 0.4) is 0 Å². The van der Waals surface area contributed by atoms with Gasteiger partial charge in [0.05, 0.1) is 0 Å². The zero-order chi connectivity index (χ0) is 15.3. The number of hydrogen-bond donors (Lipinski definition) is 0. The van der Waals surface area contributed by atoms with Crippen molar-refractivity contribution in [3.63, 3.8) is 0 Å². The monoisotopic (exact) mass is 266 g/mol. The first-order valence-corrected chi connectivity index (χ1v) is 7.56. The largest absolute Gasteiger partial charge is 0.300 e. The fourth-order valence-corrected chi connectivity index (χ4v) is 1.49. The van der Waals surface area contributed by atoms with Gasteiger partial charge in [-0.3, -0.25) is 0 Å². The maximum absolute atomic E-state index is 9.81. The summed E-state index contributed by atoms with van der Waals surface area (Å²) in [5.74, 6) is 0.255. The van der Waals surface area contributed by atoms with Gasteiger partial charge in [-0.05, 0) is 44.7 Å². The Hall–Kier alpha value is -1.11. The summed E-state index contributed by atoms with van der Waals surface area (Å²) in [6.07, 6.45) is 4.50. The second kappa shape index (κ2) is 13.3. The van der Waals surface area contributed by atoms with Crippen LogP contribution in [-0.4, -0.2) is 5.78 Å². The van der Waals surface area contributed by atoms with Gasteiger partial charge in [-0.2, -0.15) is 0 Å². The highest BCUT2D eigenvalue weighted by molar-refractivity contribution is 5.74. The molecule has 0 heterocycles. The van der Waals surface area contributed by atoms with Gasteiger partial charge in [0.2, 0.25) is 0 Å². The molecular weight excluding hydrogens is 232 g/mol. The number of carbonyl (C=O) groups excluding carboxylic acids is 1. The molecule has 1 aromatic carbocycles. The third-order valence-electron chi connectivity index (χ3n) is 2.80. The van der Waals surface area contributed by atoms with E-state index in [0.29, 0.717) is 6.42 Å². The van der Waals surface area contributed by atoms with Crippen molar-refractivity contribution in [3.8, 4) is 0 Å². The molecule has 112 valence electrons. The molecule has 0 amide bonds. The van der Waals surface area contributed by atoms with Crippen LogP contribution in [-0.2, 0) is 11.2 Å². The first-order chi connectivity index (χ1) is 9.01.